The standard InChI is InChI=1S/C14H15NO2S/c1-9-5-6-10-3-2-4-12(11(10)7-9)15-13(8-18)14(16)17/h2-7,13,15,18H,8H2,1H3,(H,16,17). The number of benzene rings is 2. The molecule has 0 amide bonds. The van der Waals surface area contributed by atoms with Crippen molar-refractivity contribution in [3.8, 4) is 0 Å². The predicted molar refractivity (Wildman–Crippen MR) is 77.6 cm³/mol. The summed E-state index contributed by atoms with van der Waals surface area (Å²) >= 11 is 4.06. The van der Waals surface area contributed by atoms with Gasteiger partial charge in [0.15, 0.2) is 0 Å². The zero-order valence-electron chi connectivity index (χ0n) is 10.1. The van der Waals surface area contributed by atoms with Gasteiger partial charge in [0.05, 0.1) is 0 Å². The summed E-state index contributed by atoms with van der Waals surface area (Å²) in [4.78, 5) is 11.0. The van der Waals surface area contributed by atoms with Crippen LogP contribution in [0.25, 0.3) is 10.8 Å². The van der Waals surface area contributed by atoms with Crippen molar-refractivity contribution in [1.29, 1.82) is 0 Å². The molecule has 0 aliphatic rings. The van der Waals surface area contributed by atoms with Crippen LogP contribution in [0.1, 0.15) is 5.56 Å². The molecule has 0 aliphatic carbocycles. The monoisotopic (exact) mass is 261 g/mol. The molecule has 1 atom stereocenters. The molecule has 18 heavy (non-hydrogen) atoms. The van der Waals surface area contributed by atoms with E-state index >= 15 is 0 Å². The van der Waals surface area contributed by atoms with Crippen molar-refractivity contribution < 1.29 is 9.90 Å². The molecule has 0 aromatic heterocycles. The lowest BCUT2D eigenvalue weighted by atomic mass is 10.1. The van der Waals surface area contributed by atoms with Crippen molar-refractivity contribution in [2.45, 2.75) is 13.0 Å². The van der Waals surface area contributed by atoms with E-state index in [1.165, 1.54) is 0 Å². The van der Waals surface area contributed by atoms with E-state index in [1.54, 1.807) is 0 Å². The lowest BCUT2D eigenvalue weighted by Crippen LogP contribution is -2.30. The number of rotatable bonds is 4. The SMILES string of the molecule is Cc1ccc2cccc(NC(CS)C(=O)O)c2c1. The first-order valence-corrected chi connectivity index (χ1v) is 6.34. The molecule has 3 nitrogen and oxygen atoms in total. The number of nitrogens with one attached hydrogen (secondary N) is 1. The van der Waals surface area contributed by atoms with Gasteiger partial charge in [-0.2, -0.15) is 12.6 Å². The van der Waals surface area contributed by atoms with E-state index in [1.807, 2.05) is 37.3 Å². The third kappa shape index (κ3) is 2.59. The summed E-state index contributed by atoms with van der Waals surface area (Å²) in [6.07, 6.45) is 0. The minimum Gasteiger partial charge on any atom is -0.480 e. The van der Waals surface area contributed by atoms with Crippen LogP contribution in [0.5, 0.6) is 0 Å². The smallest absolute Gasteiger partial charge is 0.326 e. The number of aliphatic carboxylic acids is 1. The fourth-order valence-electron chi connectivity index (χ4n) is 1.89. The molecule has 0 fully saturated rings. The lowest BCUT2D eigenvalue weighted by Gasteiger charge is -2.15. The number of carbonyl (C=O) groups is 1. The Morgan fingerprint density at radius 2 is 2.17 bits per heavy atom. The number of thiol groups is 1. The first-order valence-electron chi connectivity index (χ1n) is 5.71. The Morgan fingerprint density at radius 3 is 2.83 bits per heavy atom. The molecule has 0 saturated carbocycles. The summed E-state index contributed by atoms with van der Waals surface area (Å²) in [7, 11) is 0. The molecule has 2 N–H and O–H groups in total. The minimum atomic E-state index is -0.894. The van der Waals surface area contributed by atoms with Gasteiger partial charge in [-0.05, 0) is 24.4 Å². The first kappa shape index (κ1) is 12.8. The molecule has 1 unspecified atom stereocenters. The van der Waals surface area contributed by atoms with Crippen molar-refractivity contribution in [1.82, 2.24) is 0 Å². The molecule has 0 saturated heterocycles. The van der Waals surface area contributed by atoms with Gasteiger partial charge in [0, 0.05) is 16.8 Å². The third-order valence-corrected chi connectivity index (χ3v) is 3.21. The van der Waals surface area contributed by atoms with Crippen molar-refractivity contribution in [3.05, 3.63) is 42.0 Å². The number of hydrogen-bond donors (Lipinski definition) is 3. The Kier molecular flexibility index (Phi) is 3.77. The van der Waals surface area contributed by atoms with Gasteiger partial charge in [0.2, 0.25) is 0 Å². The second-order valence-corrected chi connectivity index (χ2v) is 4.61. The van der Waals surface area contributed by atoms with Crippen molar-refractivity contribution in [3.63, 3.8) is 0 Å². The molecular weight excluding hydrogens is 246 g/mol. The van der Waals surface area contributed by atoms with Crippen LogP contribution in [0.4, 0.5) is 5.69 Å². The molecule has 0 heterocycles. The molecule has 0 bridgehead atoms. The second-order valence-electron chi connectivity index (χ2n) is 4.25. The second kappa shape index (κ2) is 5.31. The third-order valence-electron chi connectivity index (χ3n) is 2.85. The molecule has 2 rings (SSSR count). The maximum absolute atomic E-state index is 11.0. The lowest BCUT2D eigenvalue weighted by molar-refractivity contribution is -0.137. The largest absolute Gasteiger partial charge is 0.480 e. The normalized spacial score (nSPS) is 12.3. The van der Waals surface area contributed by atoms with Gasteiger partial charge in [-0.15, -0.1) is 0 Å². The topological polar surface area (TPSA) is 49.3 Å². The van der Waals surface area contributed by atoms with Crippen LogP contribution in [-0.4, -0.2) is 22.9 Å². The molecule has 2 aromatic rings. The quantitative estimate of drug-likeness (QED) is 0.742. The van der Waals surface area contributed by atoms with E-state index in [-0.39, 0.29) is 5.75 Å². The van der Waals surface area contributed by atoms with Crippen LogP contribution in [0.2, 0.25) is 0 Å². The molecule has 94 valence electrons. The maximum atomic E-state index is 11.0. The summed E-state index contributed by atoms with van der Waals surface area (Å²) in [6.45, 7) is 2.02. The Morgan fingerprint density at radius 1 is 1.39 bits per heavy atom. The van der Waals surface area contributed by atoms with Crippen molar-refractivity contribution in [2.24, 2.45) is 0 Å². The highest BCUT2D eigenvalue weighted by molar-refractivity contribution is 7.80. The van der Waals surface area contributed by atoms with Crippen LogP contribution in [0.15, 0.2) is 36.4 Å². The number of aryl methyl sites for hydroxylation is 1. The summed E-state index contributed by atoms with van der Waals surface area (Å²) in [5.41, 5.74) is 1.98. The van der Waals surface area contributed by atoms with Gasteiger partial charge in [-0.1, -0.05) is 29.8 Å². The van der Waals surface area contributed by atoms with Crippen molar-refractivity contribution in [2.75, 3.05) is 11.1 Å². The summed E-state index contributed by atoms with van der Waals surface area (Å²) in [5, 5.41) is 14.2. The summed E-state index contributed by atoms with van der Waals surface area (Å²) in [5.74, 6) is -0.646. The highest BCUT2D eigenvalue weighted by atomic mass is 32.1. The van der Waals surface area contributed by atoms with Gasteiger partial charge in [-0.3, -0.25) is 0 Å². The van der Waals surface area contributed by atoms with Gasteiger partial charge < -0.3 is 10.4 Å². The fraction of sp³-hybridized carbons (Fsp3) is 0.214. The first-order chi connectivity index (χ1) is 8.61. The molecule has 2 aromatic carbocycles. The van der Waals surface area contributed by atoms with Gasteiger partial charge >= 0.3 is 5.97 Å². The van der Waals surface area contributed by atoms with E-state index in [2.05, 4.69) is 24.0 Å². The predicted octanol–water partition coefficient (Wildman–Crippen LogP) is 2.94. The van der Waals surface area contributed by atoms with Crippen LogP contribution in [0.3, 0.4) is 0 Å². The van der Waals surface area contributed by atoms with Gasteiger partial charge in [-0.25, -0.2) is 4.79 Å². The zero-order valence-corrected chi connectivity index (χ0v) is 10.9. The van der Waals surface area contributed by atoms with Crippen LogP contribution < -0.4 is 5.32 Å². The van der Waals surface area contributed by atoms with Crippen molar-refractivity contribution >= 4 is 35.1 Å². The number of carboxylic acids is 1. The molecular formula is C14H15NO2S. The molecule has 0 aliphatic heterocycles. The van der Waals surface area contributed by atoms with E-state index in [0.717, 1.165) is 22.0 Å². The number of hydrogen-bond acceptors (Lipinski definition) is 3. The highest BCUT2D eigenvalue weighted by Gasteiger charge is 2.15. The Labute approximate surface area is 111 Å². The van der Waals surface area contributed by atoms with Crippen LogP contribution >= 0.6 is 12.6 Å². The Hall–Kier alpha value is -1.68. The maximum Gasteiger partial charge on any atom is 0.326 e. The van der Waals surface area contributed by atoms with Gasteiger partial charge in [0.25, 0.3) is 0 Å². The van der Waals surface area contributed by atoms with E-state index < -0.39 is 12.0 Å². The molecule has 4 heteroatoms. The Balaban J connectivity index is 2.44. The fourth-order valence-corrected chi connectivity index (χ4v) is 2.13. The number of carboxylic acid groups (broad SMARTS) is 1. The van der Waals surface area contributed by atoms with Gasteiger partial charge in [0.1, 0.15) is 6.04 Å². The average Bonchev–Trinajstić information content (AvgIpc) is 2.35. The van der Waals surface area contributed by atoms with E-state index in [9.17, 15) is 4.79 Å². The van der Waals surface area contributed by atoms with E-state index in [4.69, 9.17) is 5.11 Å². The molecule has 0 spiro atoms. The zero-order chi connectivity index (χ0) is 13.1. The number of fused-ring (bicyclic) bond motifs is 1. The summed E-state index contributed by atoms with van der Waals surface area (Å²) < 4.78 is 0. The number of anilines is 1. The average molecular weight is 261 g/mol. The minimum absolute atomic E-state index is 0.248. The van der Waals surface area contributed by atoms with Crippen LogP contribution in [-0.2, 0) is 4.79 Å². The summed E-state index contributed by atoms with van der Waals surface area (Å²) in [6, 6.07) is 11.3. The van der Waals surface area contributed by atoms with Crippen LogP contribution in [0, 0.1) is 6.92 Å². The van der Waals surface area contributed by atoms with E-state index in [0.29, 0.717) is 0 Å². The molecule has 0 radical (unpaired) electrons. The Bertz CT molecular complexity index is 583. The highest BCUT2D eigenvalue weighted by Crippen LogP contribution is 2.25.